The number of alkyl halides is 2. The fourth-order valence-corrected chi connectivity index (χ4v) is 2.31. The Morgan fingerprint density at radius 1 is 1.44 bits per heavy atom. The largest absolute Gasteiger partial charge is 0.302 e. The first kappa shape index (κ1) is 13.0. The molecule has 0 amide bonds. The van der Waals surface area contributed by atoms with Gasteiger partial charge in [-0.25, -0.2) is 4.39 Å². The molecule has 0 unspecified atom stereocenters. The minimum absolute atomic E-state index is 0.0291. The van der Waals surface area contributed by atoms with Gasteiger partial charge in [-0.1, -0.05) is 12.1 Å². The topological polar surface area (TPSA) is 27.0 Å². The Balaban J connectivity index is 1.89. The highest BCUT2D eigenvalue weighted by atomic mass is 19.1. The Morgan fingerprint density at radius 3 is 2.89 bits per heavy atom. The molecule has 1 heterocycles. The van der Waals surface area contributed by atoms with Crippen molar-refractivity contribution in [2.75, 3.05) is 26.3 Å². The van der Waals surface area contributed by atoms with Crippen LogP contribution in [0.2, 0.25) is 0 Å². The molecule has 1 atom stereocenters. The van der Waals surface area contributed by atoms with Crippen molar-refractivity contribution in [2.24, 2.45) is 5.92 Å². The van der Waals surface area contributed by atoms with Crippen LogP contribution >= 0.6 is 0 Å². The van der Waals surface area contributed by atoms with Crippen LogP contribution in [0.1, 0.15) is 23.7 Å². The van der Waals surface area contributed by atoms with Crippen molar-refractivity contribution in [1.82, 2.24) is 4.90 Å². The number of likely N-dealkylation sites (tertiary alicyclic amines) is 1. The normalized spacial score (nSPS) is 18.1. The average Bonchev–Trinajstić information content (AvgIpc) is 2.37. The van der Waals surface area contributed by atoms with Crippen molar-refractivity contribution in [3.05, 3.63) is 35.4 Å². The SMILES string of the molecule is N#Cc1cccc([C@@H](F)C2CN(CCCF)C2)c1. The van der Waals surface area contributed by atoms with E-state index in [1.165, 1.54) is 0 Å². The number of halogens is 2. The van der Waals surface area contributed by atoms with Crippen LogP contribution in [0.15, 0.2) is 24.3 Å². The molecule has 1 saturated heterocycles. The van der Waals surface area contributed by atoms with Crippen molar-refractivity contribution < 1.29 is 8.78 Å². The molecular weight excluding hydrogens is 234 g/mol. The molecule has 1 aromatic rings. The van der Waals surface area contributed by atoms with Gasteiger partial charge in [0.15, 0.2) is 0 Å². The van der Waals surface area contributed by atoms with Gasteiger partial charge in [-0.15, -0.1) is 0 Å². The third-order valence-electron chi connectivity index (χ3n) is 3.34. The van der Waals surface area contributed by atoms with E-state index in [9.17, 15) is 8.78 Å². The van der Waals surface area contributed by atoms with E-state index >= 15 is 0 Å². The molecule has 0 aliphatic carbocycles. The van der Waals surface area contributed by atoms with Crippen LogP contribution in [0.25, 0.3) is 0 Å². The van der Waals surface area contributed by atoms with Crippen molar-refractivity contribution in [3.63, 3.8) is 0 Å². The Labute approximate surface area is 106 Å². The molecule has 18 heavy (non-hydrogen) atoms. The monoisotopic (exact) mass is 250 g/mol. The van der Waals surface area contributed by atoms with Crippen molar-refractivity contribution in [2.45, 2.75) is 12.6 Å². The van der Waals surface area contributed by atoms with Crippen LogP contribution in [0, 0.1) is 17.2 Å². The fourth-order valence-electron chi connectivity index (χ4n) is 2.31. The summed E-state index contributed by atoms with van der Waals surface area (Å²) in [6.45, 7) is 1.75. The molecule has 0 N–H and O–H groups in total. The van der Waals surface area contributed by atoms with Gasteiger partial charge in [0, 0.05) is 25.6 Å². The first-order valence-electron chi connectivity index (χ1n) is 6.17. The fraction of sp³-hybridized carbons (Fsp3) is 0.500. The summed E-state index contributed by atoms with van der Waals surface area (Å²) in [4.78, 5) is 2.06. The van der Waals surface area contributed by atoms with Gasteiger partial charge < -0.3 is 4.90 Å². The van der Waals surface area contributed by atoms with Crippen LogP contribution in [-0.4, -0.2) is 31.2 Å². The number of rotatable bonds is 5. The van der Waals surface area contributed by atoms with E-state index in [-0.39, 0.29) is 12.6 Å². The van der Waals surface area contributed by atoms with Gasteiger partial charge in [0.1, 0.15) is 6.17 Å². The Hall–Kier alpha value is -1.47. The first-order valence-corrected chi connectivity index (χ1v) is 6.17. The quantitative estimate of drug-likeness (QED) is 0.803. The summed E-state index contributed by atoms with van der Waals surface area (Å²) in [6.07, 6.45) is -0.506. The zero-order chi connectivity index (χ0) is 13.0. The number of hydrogen-bond acceptors (Lipinski definition) is 2. The lowest BCUT2D eigenvalue weighted by atomic mass is 9.89. The Morgan fingerprint density at radius 2 is 2.22 bits per heavy atom. The van der Waals surface area contributed by atoms with Gasteiger partial charge >= 0.3 is 0 Å². The molecule has 2 rings (SSSR count). The third kappa shape index (κ3) is 2.85. The molecule has 0 radical (unpaired) electrons. The van der Waals surface area contributed by atoms with Gasteiger partial charge in [-0.3, -0.25) is 4.39 Å². The van der Waals surface area contributed by atoms with E-state index < -0.39 is 6.17 Å². The maximum atomic E-state index is 14.2. The lowest BCUT2D eigenvalue weighted by Crippen LogP contribution is -2.48. The summed E-state index contributed by atoms with van der Waals surface area (Å²) in [7, 11) is 0. The summed E-state index contributed by atoms with van der Waals surface area (Å²) >= 11 is 0. The summed E-state index contributed by atoms with van der Waals surface area (Å²) in [5.41, 5.74) is 1.06. The van der Waals surface area contributed by atoms with E-state index in [0.29, 0.717) is 37.2 Å². The predicted molar refractivity (Wildman–Crippen MR) is 65.5 cm³/mol. The third-order valence-corrected chi connectivity index (χ3v) is 3.34. The maximum absolute atomic E-state index is 14.2. The van der Waals surface area contributed by atoms with E-state index in [0.717, 1.165) is 0 Å². The molecule has 1 aromatic carbocycles. The van der Waals surface area contributed by atoms with E-state index in [2.05, 4.69) is 4.90 Å². The van der Waals surface area contributed by atoms with Gasteiger partial charge in [0.25, 0.3) is 0 Å². The highest BCUT2D eigenvalue weighted by Gasteiger charge is 2.34. The molecule has 0 spiro atoms. The smallest absolute Gasteiger partial charge is 0.130 e. The van der Waals surface area contributed by atoms with Gasteiger partial charge in [-0.05, 0) is 24.1 Å². The van der Waals surface area contributed by atoms with Gasteiger partial charge in [0.05, 0.1) is 18.3 Å². The number of nitrogens with zero attached hydrogens (tertiary/aromatic N) is 2. The predicted octanol–water partition coefficient (Wildman–Crippen LogP) is 2.86. The second kappa shape index (κ2) is 5.92. The minimum atomic E-state index is -1.03. The number of benzene rings is 1. The van der Waals surface area contributed by atoms with Crippen LogP contribution in [0.3, 0.4) is 0 Å². The summed E-state index contributed by atoms with van der Waals surface area (Å²) in [6, 6.07) is 8.72. The molecular formula is C14H16F2N2. The van der Waals surface area contributed by atoms with Crippen LogP contribution < -0.4 is 0 Å². The van der Waals surface area contributed by atoms with Crippen molar-refractivity contribution in [1.29, 1.82) is 5.26 Å². The highest BCUT2D eigenvalue weighted by Crippen LogP contribution is 2.33. The van der Waals surface area contributed by atoms with E-state index in [1.807, 2.05) is 6.07 Å². The molecule has 0 bridgehead atoms. The Bertz CT molecular complexity index is 436. The molecule has 96 valence electrons. The maximum Gasteiger partial charge on any atom is 0.130 e. The molecule has 1 aliphatic heterocycles. The lowest BCUT2D eigenvalue weighted by molar-refractivity contribution is 0.0364. The van der Waals surface area contributed by atoms with Crippen LogP contribution in [0.5, 0.6) is 0 Å². The highest BCUT2D eigenvalue weighted by molar-refractivity contribution is 5.34. The first-order chi connectivity index (χ1) is 8.74. The second-order valence-corrected chi connectivity index (χ2v) is 4.70. The lowest BCUT2D eigenvalue weighted by Gasteiger charge is -2.40. The molecule has 0 saturated carbocycles. The standard InChI is InChI=1S/C14H16F2N2/c15-5-2-6-18-9-13(10-18)14(16)12-4-1-3-11(7-12)8-17/h1,3-4,7,13-14H,2,5-6,9-10H2/t14-/m1/s1. The van der Waals surface area contributed by atoms with Crippen LogP contribution in [-0.2, 0) is 0 Å². The number of nitriles is 1. The van der Waals surface area contributed by atoms with Crippen molar-refractivity contribution >= 4 is 0 Å². The summed E-state index contributed by atoms with van der Waals surface area (Å²) in [5.74, 6) is -0.0291. The second-order valence-electron chi connectivity index (χ2n) is 4.70. The Kier molecular flexibility index (Phi) is 4.27. The molecule has 1 fully saturated rings. The average molecular weight is 250 g/mol. The van der Waals surface area contributed by atoms with Crippen LogP contribution in [0.4, 0.5) is 8.78 Å². The minimum Gasteiger partial charge on any atom is -0.302 e. The molecule has 0 aromatic heterocycles. The molecule has 2 nitrogen and oxygen atoms in total. The zero-order valence-electron chi connectivity index (χ0n) is 10.1. The molecule has 4 heteroatoms. The summed E-state index contributed by atoms with van der Waals surface area (Å²) in [5, 5.41) is 8.78. The summed E-state index contributed by atoms with van der Waals surface area (Å²) < 4.78 is 26.2. The van der Waals surface area contributed by atoms with E-state index in [4.69, 9.17) is 5.26 Å². The van der Waals surface area contributed by atoms with Gasteiger partial charge in [0.2, 0.25) is 0 Å². The molecule has 1 aliphatic rings. The zero-order valence-corrected chi connectivity index (χ0v) is 10.1. The number of hydrogen-bond donors (Lipinski definition) is 0. The van der Waals surface area contributed by atoms with Crippen molar-refractivity contribution in [3.8, 4) is 6.07 Å². The van der Waals surface area contributed by atoms with Gasteiger partial charge in [-0.2, -0.15) is 5.26 Å². The van der Waals surface area contributed by atoms with E-state index in [1.54, 1.807) is 24.3 Å².